The molecule has 0 atom stereocenters. The summed E-state index contributed by atoms with van der Waals surface area (Å²) in [6, 6.07) is 8.97. The Kier molecular flexibility index (Phi) is 9.84. The average Bonchev–Trinajstić information content (AvgIpc) is 2.72. The molecule has 0 aliphatic rings. The molecule has 0 heterocycles. The van der Waals surface area contributed by atoms with Crippen LogP contribution in [0.4, 0.5) is 0 Å². The summed E-state index contributed by atoms with van der Waals surface area (Å²) in [7, 11) is 1.58. The highest BCUT2D eigenvalue weighted by Crippen LogP contribution is 2.38. The summed E-state index contributed by atoms with van der Waals surface area (Å²) in [6.07, 6.45) is 2.95. The van der Waals surface area contributed by atoms with E-state index in [-0.39, 0.29) is 30.2 Å². The molecule has 2 aromatic carbocycles. The molecule has 0 unspecified atom stereocenters. The number of hydrogen-bond acceptors (Lipinski definition) is 6. The van der Waals surface area contributed by atoms with Crippen LogP contribution in [0.3, 0.4) is 0 Å². The van der Waals surface area contributed by atoms with E-state index < -0.39 is 0 Å². The summed E-state index contributed by atoms with van der Waals surface area (Å²) in [4.78, 5) is 13.3. The lowest BCUT2D eigenvalue weighted by molar-refractivity contribution is 0.103. The number of rotatable bonds is 12. The number of carbonyl (C=O) groups excluding carboxylic acids is 1. The van der Waals surface area contributed by atoms with Crippen molar-refractivity contribution in [3.63, 3.8) is 0 Å². The standard InChI is InChI=1S/C28H38O6/c1-17(2)31-22-15-21(27(33-19(5)6)26(16-22)30-9)13-14-24(29)23-11-10-12-25(32-18(3)4)28(23)34-20(7)8/h10-20H,1-9H3/b14-13+. The van der Waals surface area contributed by atoms with Gasteiger partial charge in [0.15, 0.2) is 28.8 Å². The minimum Gasteiger partial charge on any atom is -0.493 e. The number of allylic oxidation sites excluding steroid dienone is 1. The summed E-state index contributed by atoms with van der Waals surface area (Å²) < 4.78 is 29.3. The smallest absolute Gasteiger partial charge is 0.189 e. The molecule has 0 aliphatic carbocycles. The third kappa shape index (κ3) is 7.72. The lowest BCUT2D eigenvalue weighted by atomic mass is 10.1. The van der Waals surface area contributed by atoms with Crippen LogP contribution in [0.25, 0.3) is 6.08 Å². The summed E-state index contributed by atoms with van der Waals surface area (Å²) >= 11 is 0. The summed E-state index contributed by atoms with van der Waals surface area (Å²) in [5.74, 6) is 2.48. The van der Waals surface area contributed by atoms with E-state index in [1.54, 1.807) is 31.4 Å². The second kappa shape index (κ2) is 12.4. The molecule has 0 amide bonds. The number of carbonyl (C=O) groups is 1. The monoisotopic (exact) mass is 470 g/mol. The quantitative estimate of drug-likeness (QED) is 0.253. The van der Waals surface area contributed by atoms with Crippen molar-refractivity contribution in [3.8, 4) is 28.7 Å². The van der Waals surface area contributed by atoms with Crippen LogP contribution in [-0.2, 0) is 0 Å². The van der Waals surface area contributed by atoms with Crippen LogP contribution in [0.15, 0.2) is 36.4 Å². The Morgan fingerprint density at radius 2 is 1.32 bits per heavy atom. The van der Waals surface area contributed by atoms with Crippen LogP contribution in [0.5, 0.6) is 28.7 Å². The van der Waals surface area contributed by atoms with E-state index >= 15 is 0 Å². The molecule has 2 rings (SSSR count). The van der Waals surface area contributed by atoms with Gasteiger partial charge in [-0.25, -0.2) is 0 Å². The largest absolute Gasteiger partial charge is 0.493 e. The lowest BCUT2D eigenvalue weighted by Crippen LogP contribution is -2.13. The molecule has 0 spiro atoms. The van der Waals surface area contributed by atoms with E-state index in [0.717, 1.165) is 0 Å². The van der Waals surface area contributed by atoms with Gasteiger partial charge >= 0.3 is 0 Å². The van der Waals surface area contributed by atoms with Gasteiger partial charge in [0, 0.05) is 11.6 Å². The minimum atomic E-state index is -0.213. The maximum Gasteiger partial charge on any atom is 0.189 e. The van der Waals surface area contributed by atoms with Gasteiger partial charge in [0.1, 0.15) is 5.75 Å². The molecule has 0 aromatic heterocycles. The SMILES string of the molecule is COc1cc(OC(C)C)cc(/C=C/C(=O)c2cccc(OC(C)C)c2OC(C)C)c1OC(C)C. The minimum absolute atomic E-state index is 0.0144. The number of ether oxygens (including phenoxy) is 5. The van der Waals surface area contributed by atoms with E-state index in [9.17, 15) is 4.79 Å². The van der Waals surface area contributed by atoms with Crippen LogP contribution < -0.4 is 23.7 Å². The molecule has 0 radical (unpaired) electrons. The zero-order chi connectivity index (χ0) is 25.4. The molecular weight excluding hydrogens is 432 g/mol. The first-order valence-corrected chi connectivity index (χ1v) is 11.8. The van der Waals surface area contributed by atoms with Crippen molar-refractivity contribution < 1.29 is 28.5 Å². The highest BCUT2D eigenvalue weighted by molar-refractivity contribution is 6.09. The van der Waals surface area contributed by atoms with Gasteiger partial charge in [-0.15, -0.1) is 0 Å². The normalized spacial score (nSPS) is 11.6. The van der Waals surface area contributed by atoms with E-state index in [2.05, 4.69) is 0 Å². The highest BCUT2D eigenvalue weighted by atomic mass is 16.5. The van der Waals surface area contributed by atoms with E-state index in [0.29, 0.717) is 39.9 Å². The van der Waals surface area contributed by atoms with Crippen molar-refractivity contribution in [2.75, 3.05) is 7.11 Å². The van der Waals surface area contributed by atoms with Gasteiger partial charge in [-0.05, 0) is 85.7 Å². The van der Waals surface area contributed by atoms with Gasteiger partial charge in [0.25, 0.3) is 0 Å². The Bertz CT molecular complexity index is 989. The number of hydrogen-bond donors (Lipinski definition) is 0. The molecule has 34 heavy (non-hydrogen) atoms. The summed E-state index contributed by atoms with van der Waals surface area (Å²) in [5.41, 5.74) is 1.11. The zero-order valence-corrected chi connectivity index (χ0v) is 21.8. The number of methoxy groups -OCH3 is 1. The van der Waals surface area contributed by atoms with Crippen molar-refractivity contribution >= 4 is 11.9 Å². The van der Waals surface area contributed by atoms with E-state index in [4.69, 9.17) is 23.7 Å². The fourth-order valence-corrected chi connectivity index (χ4v) is 3.24. The first-order valence-electron chi connectivity index (χ1n) is 11.8. The van der Waals surface area contributed by atoms with Gasteiger partial charge < -0.3 is 23.7 Å². The van der Waals surface area contributed by atoms with Crippen LogP contribution in [0.2, 0.25) is 0 Å². The second-order valence-corrected chi connectivity index (χ2v) is 9.04. The Morgan fingerprint density at radius 1 is 0.735 bits per heavy atom. The second-order valence-electron chi connectivity index (χ2n) is 9.04. The van der Waals surface area contributed by atoms with Crippen molar-refractivity contribution in [1.82, 2.24) is 0 Å². The highest BCUT2D eigenvalue weighted by Gasteiger charge is 2.19. The van der Waals surface area contributed by atoms with Gasteiger partial charge in [0.2, 0.25) is 0 Å². The van der Waals surface area contributed by atoms with Crippen molar-refractivity contribution in [1.29, 1.82) is 0 Å². The van der Waals surface area contributed by atoms with E-state index in [1.807, 2.05) is 67.5 Å². The molecule has 186 valence electrons. The third-order valence-electron chi connectivity index (χ3n) is 4.38. The molecule has 0 saturated carbocycles. The summed E-state index contributed by atoms with van der Waals surface area (Å²) in [6.45, 7) is 15.5. The number of benzene rings is 2. The first-order chi connectivity index (χ1) is 16.0. The fraction of sp³-hybridized carbons (Fsp3) is 0.464. The Balaban J connectivity index is 2.52. The molecule has 0 fully saturated rings. The van der Waals surface area contributed by atoms with Gasteiger partial charge in [-0.1, -0.05) is 6.07 Å². The Labute approximate surface area is 203 Å². The molecule has 0 saturated heterocycles. The summed E-state index contributed by atoms with van der Waals surface area (Å²) in [5, 5.41) is 0. The maximum atomic E-state index is 13.3. The maximum absolute atomic E-state index is 13.3. The predicted molar refractivity (Wildman–Crippen MR) is 136 cm³/mol. The number of ketones is 1. The average molecular weight is 471 g/mol. The van der Waals surface area contributed by atoms with E-state index in [1.165, 1.54) is 6.08 Å². The van der Waals surface area contributed by atoms with Gasteiger partial charge in [-0.2, -0.15) is 0 Å². The zero-order valence-electron chi connectivity index (χ0n) is 21.8. The van der Waals surface area contributed by atoms with Gasteiger partial charge in [-0.3, -0.25) is 4.79 Å². The Morgan fingerprint density at radius 3 is 1.88 bits per heavy atom. The topological polar surface area (TPSA) is 63.2 Å². The van der Waals surface area contributed by atoms with Crippen molar-refractivity contribution in [3.05, 3.63) is 47.5 Å². The van der Waals surface area contributed by atoms with Crippen LogP contribution >= 0.6 is 0 Å². The molecule has 6 heteroatoms. The number of para-hydroxylation sites is 1. The molecule has 2 aromatic rings. The molecular formula is C28H38O6. The fourth-order valence-electron chi connectivity index (χ4n) is 3.24. The first kappa shape index (κ1) is 27.1. The Hall–Kier alpha value is -3.15. The van der Waals surface area contributed by atoms with Gasteiger partial charge in [0.05, 0.1) is 37.1 Å². The van der Waals surface area contributed by atoms with Crippen molar-refractivity contribution in [2.24, 2.45) is 0 Å². The van der Waals surface area contributed by atoms with Crippen LogP contribution in [0, 0.1) is 0 Å². The van der Waals surface area contributed by atoms with Crippen LogP contribution in [0.1, 0.15) is 71.3 Å². The van der Waals surface area contributed by atoms with Crippen LogP contribution in [-0.4, -0.2) is 37.3 Å². The predicted octanol–water partition coefficient (Wildman–Crippen LogP) is 6.74. The van der Waals surface area contributed by atoms with Crippen molar-refractivity contribution in [2.45, 2.75) is 79.8 Å². The molecule has 0 bridgehead atoms. The molecule has 6 nitrogen and oxygen atoms in total. The third-order valence-corrected chi connectivity index (χ3v) is 4.38. The lowest BCUT2D eigenvalue weighted by Gasteiger charge is -2.19. The molecule has 0 N–H and O–H groups in total. The molecule has 0 aliphatic heterocycles.